The van der Waals surface area contributed by atoms with Gasteiger partial charge in [0.25, 0.3) is 17.4 Å². The fourth-order valence-corrected chi connectivity index (χ4v) is 2.79. The number of imidazole rings is 1. The maximum atomic E-state index is 14.4. The molecule has 2 aromatic heterocycles. The first-order chi connectivity index (χ1) is 12.0. The summed E-state index contributed by atoms with van der Waals surface area (Å²) in [4.78, 5) is 39.7. The molecule has 1 aromatic carbocycles. The number of fused-ring (bicyclic) bond motifs is 1. The van der Waals surface area contributed by atoms with Crippen LogP contribution in [0.2, 0.25) is 0 Å². The van der Waals surface area contributed by atoms with E-state index in [0.717, 1.165) is 16.7 Å². The third-order valence-electron chi connectivity index (χ3n) is 3.93. The van der Waals surface area contributed by atoms with Gasteiger partial charge in [0.2, 0.25) is 0 Å². The number of aromatic nitrogens is 3. The molecule has 124 valence electrons. The minimum Gasteiger partial charge on any atom is -0.384 e. The lowest BCUT2D eigenvalue weighted by Crippen LogP contribution is -2.24. The number of nitrogens with one attached hydrogen (secondary N) is 1. The van der Waals surface area contributed by atoms with E-state index >= 15 is 0 Å². The highest BCUT2D eigenvalue weighted by molar-refractivity contribution is 6.23. The van der Waals surface area contributed by atoms with Gasteiger partial charge in [-0.3, -0.25) is 24.3 Å². The normalized spacial score (nSPS) is 13.0. The molecular formula is C16H10FN5O3. The highest BCUT2D eigenvalue weighted by atomic mass is 19.1. The highest BCUT2D eigenvalue weighted by Gasteiger charge is 2.31. The van der Waals surface area contributed by atoms with Crippen molar-refractivity contribution in [1.29, 1.82) is 0 Å². The van der Waals surface area contributed by atoms with Crippen molar-refractivity contribution in [3.63, 3.8) is 0 Å². The van der Waals surface area contributed by atoms with Crippen molar-refractivity contribution in [3.05, 3.63) is 70.3 Å². The van der Waals surface area contributed by atoms with Crippen LogP contribution in [0.25, 0.3) is 11.4 Å². The fraction of sp³-hybridized carbons (Fsp3) is 0. The van der Waals surface area contributed by atoms with Crippen LogP contribution in [0, 0.1) is 5.82 Å². The van der Waals surface area contributed by atoms with Gasteiger partial charge >= 0.3 is 0 Å². The summed E-state index contributed by atoms with van der Waals surface area (Å²) in [5, 5.41) is 2.07. The summed E-state index contributed by atoms with van der Waals surface area (Å²) in [5.74, 6) is -2.21. The SMILES string of the molecule is Nc1c2c(cc(=O)n1-c1ccc(-n3ccnc3)c(F)c1)C(=O)NC2=O. The summed E-state index contributed by atoms with van der Waals surface area (Å²) in [5.41, 5.74) is 5.47. The minimum atomic E-state index is -0.693. The largest absolute Gasteiger partial charge is 0.384 e. The summed E-state index contributed by atoms with van der Waals surface area (Å²) in [6, 6.07) is 5.07. The van der Waals surface area contributed by atoms with E-state index in [9.17, 15) is 18.8 Å². The standard InChI is InChI=1S/C16H10FN5O3/c17-10-5-8(1-2-11(10)21-4-3-19-7-21)22-12(23)6-9-13(14(22)18)16(25)20-15(9)24/h1-7H,18H2,(H,20,24,25). The summed E-state index contributed by atoms with van der Waals surface area (Å²) in [6.07, 6.45) is 4.51. The van der Waals surface area contributed by atoms with Crippen molar-refractivity contribution in [2.45, 2.75) is 0 Å². The number of pyridine rings is 1. The maximum Gasteiger partial charge on any atom is 0.262 e. The Labute approximate surface area is 139 Å². The van der Waals surface area contributed by atoms with Crippen molar-refractivity contribution in [1.82, 2.24) is 19.4 Å². The number of amides is 2. The molecule has 0 unspecified atom stereocenters. The molecule has 0 saturated heterocycles. The molecule has 8 nitrogen and oxygen atoms in total. The molecule has 0 spiro atoms. The third kappa shape index (κ3) is 2.13. The molecule has 0 atom stereocenters. The number of carbonyl (C=O) groups excluding carboxylic acids is 2. The monoisotopic (exact) mass is 339 g/mol. The molecule has 0 fully saturated rings. The number of carbonyl (C=O) groups is 2. The van der Waals surface area contributed by atoms with E-state index in [0.29, 0.717) is 0 Å². The number of nitrogens with zero attached hydrogens (tertiary/aromatic N) is 3. The Hall–Kier alpha value is -3.75. The van der Waals surface area contributed by atoms with Crippen LogP contribution in [0.3, 0.4) is 0 Å². The molecule has 4 rings (SSSR count). The highest BCUT2D eigenvalue weighted by Crippen LogP contribution is 2.24. The summed E-state index contributed by atoms with van der Waals surface area (Å²) < 4.78 is 16.9. The molecule has 3 aromatic rings. The molecule has 25 heavy (non-hydrogen) atoms. The van der Waals surface area contributed by atoms with Gasteiger partial charge in [-0.05, 0) is 12.1 Å². The number of nitrogen functional groups attached to an aromatic ring is 1. The van der Waals surface area contributed by atoms with Crippen molar-refractivity contribution in [3.8, 4) is 11.4 Å². The van der Waals surface area contributed by atoms with E-state index in [2.05, 4.69) is 10.3 Å². The van der Waals surface area contributed by atoms with Gasteiger partial charge in [-0.15, -0.1) is 0 Å². The molecule has 0 aliphatic carbocycles. The van der Waals surface area contributed by atoms with Crippen LogP contribution in [0.15, 0.2) is 47.8 Å². The van der Waals surface area contributed by atoms with Gasteiger partial charge in [-0.2, -0.15) is 0 Å². The second kappa shape index (κ2) is 5.13. The molecule has 0 bridgehead atoms. The van der Waals surface area contributed by atoms with Gasteiger partial charge in [-0.25, -0.2) is 9.37 Å². The van der Waals surface area contributed by atoms with E-state index in [1.165, 1.54) is 29.2 Å². The number of benzene rings is 1. The predicted octanol–water partition coefficient (Wildman–Crippen LogP) is 0.628. The van der Waals surface area contributed by atoms with Crippen LogP contribution < -0.4 is 16.6 Å². The zero-order chi connectivity index (χ0) is 17.7. The molecule has 3 heterocycles. The van der Waals surface area contributed by atoms with E-state index in [1.807, 2.05) is 0 Å². The lowest BCUT2D eigenvalue weighted by atomic mass is 10.1. The lowest BCUT2D eigenvalue weighted by Gasteiger charge is -2.13. The first-order valence-electron chi connectivity index (χ1n) is 7.17. The van der Waals surface area contributed by atoms with Crippen molar-refractivity contribution < 1.29 is 14.0 Å². The van der Waals surface area contributed by atoms with Gasteiger partial charge in [-0.1, -0.05) is 0 Å². The molecule has 3 N–H and O–H groups in total. The number of anilines is 1. The number of hydrogen-bond acceptors (Lipinski definition) is 5. The molecule has 1 aliphatic rings. The van der Waals surface area contributed by atoms with Gasteiger partial charge in [0.05, 0.1) is 28.8 Å². The van der Waals surface area contributed by atoms with Crippen LogP contribution in [-0.4, -0.2) is 25.9 Å². The average Bonchev–Trinajstić information content (AvgIpc) is 3.16. The third-order valence-corrected chi connectivity index (χ3v) is 3.93. The molecule has 0 saturated carbocycles. The van der Waals surface area contributed by atoms with Crippen LogP contribution in [0.4, 0.5) is 10.2 Å². The van der Waals surface area contributed by atoms with Crippen molar-refractivity contribution in [2.24, 2.45) is 0 Å². The molecular weight excluding hydrogens is 329 g/mol. The topological polar surface area (TPSA) is 112 Å². The van der Waals surface area contributed by atoms with E-state index in [-0.39, 0.29) is 28.3 Å². The molecule has 0 radical (unpaired) electrons. The van der Waals surface area contributed by atoms with Crippen LogP contribution in [0.5, 0.6) is 0 Å². The second-order valence-electron chi connectivity index (χ2n) is 5.38. The Balaban J connectivity index is 1.91. The number of imide groups is 1. The number of halogens is 1. The number of rotatable bonds is 2. The molecule has 1 aliphatic heterocycles. The zero-order valence-corrected chi connectivity index (χ0v) is 12.6. The van der Waals surface area contributed by atoms with E-state index < -0.39 is 23.2 Å². The smallest absolute Gasteiger partial charge is 0.262 e. The van der Waals surface area contributed by atoms with E-state index in [4.69, 9.17) is 5.73 Å². The lowest BCUT2D eigenvalue weighted by molar-refractivity contribution is 0.0880. The fourth-order valence-electron chi connectivity index (χ4n) is 2.79. The Bertz CT molecular complexity index is 1100. The van der Waals surface area contributed by atoms with Crippen LogP contribution in [-0.2, 0) is 0 Å². The van der Waals surface area contributed by atoms with E-state index in [1.54, 1.807) is 6.20 Å². The average molecular weight is 339 g/mol. The Morgan fingerprint density at radius 1 is 1.12 bits per heavy atom. The van der Waals surface area contributed by atoms with Gasteiger partial charge in [0.1, 0.15) is 11.6 Å². The summed E-state index contributed by atoms with van der Waals surface area (Å²) in [7, 11) is 0. The van der Waals surface area contributed by atoms with Crippen LogP contribution >= 0.6 is 0 Å². The first kappa shape index (κ1) is 14.8. The predicted molar refractivity (Wildman–Crippen MR) is 85.3 cm³/mol. The maximum absolute atomic E-state index is 14.4. The second-order valence-corrected chi connectivity index (χ2v) is 5.38. The van der Waals surface area contributed by atoms with Gasteiger partial charge in [0, 0.05) is 24.5 Å². The number of hydrogen-bond donors (Lipinski definition) is 2. The van der Waals surface area contributed by atoms with Gasteiger partial charge in [0.15, 0.2) is 0 Å². The Morgan fingerprint density at radius 3 is 2.60 bits per heavy atom. The van der Waals surface area contributed by atoms with Gasteiger partial charge < -0.3 is 10.3 Å². The summed E-state index contributed by atoms with van der Waals surface area (Å²) >= 11 is 0. The van der Waals surface area contributed by atoms with Crippen molar-refractivity contribution in [2.75, 3.05) is 5.73 Å². The quantitative estimate of drug-likeness (QED) is 0.665. The zero-order valence-electron chi connectivity index (χ0n) is 12.6. The number of nitrogens with two attached hydrogens (primary N) is 1. The molecule has 9 heteroatoms. The first-order valence-corrected chi connectivity index (χ1v) is 7.17. The Kier molecular flexibility index (Phi) is 3.04. The molecule has 2 amide bonds. The van der Waals surface area contributed by atoms with Crippen molar-refractivity contribution >= 4 is 17.6 Å². The Morgan fingerprint density at radius 2 is 1.92 bits per heavy atom. The minimum absolute atomic E-state index is 0.0840. The summed E-state index contributed by atoms with van der Waals surface area (Å²) in [6.45, 7) is 0. The van der Waals surface area contributed by atoms with Crippen LogP contribution in [0.1, 0.15) is 20.7 Å².